The molecule has 0 radical (unpaired) electrons. The molecule has 0 saturated carbocycles. The summed E-state index contributed by atoms with van der Waals surface area (Å²) in [5, 5.41) is 2.11. The average molecular weight is 263 g/mol. The Bertz CT molecular complexity index is 366. The molecule has 62 valence electrons. The zero-order valence-electron chi connectivity index (χ0n) is 7.03. The summed E-state index contributed by atoms with van der Waals surface area (Å²) in [6.07, 6.45) is 0. The number of benzene rings is 1. The second-order valence-corrected chi connectivity index (χ2v) is 6.52. The van der Waals surface area contributed by atoms with Crippen molar-refractivity contribution < 1.29 is 0 Å². The Morgan fingerprint density at radius 2 is 1.85 bits per heavy atom. The van der Waals surface area contributed by atoms with Crippen LogP contribution in [0.25, 0.3) is 10.4 Å². The van der Waals surface area contributed by atoms with Crippen LogP contribution in [0.5, 0.6) is 0 Å². The molecule has 3 heteroatoms. The molecule has 0 atom stereocenters. The summed E-state index contributed by atoms with van der Waals surface area (Å²) in [7, 11) is 0. The lowest BCUT2D eigenvalue weighted by Gasteiger charge is -1.98. The van der Waals surface area contributed by atoms with Gasteiger partial charge in [-0.25, -0.2) is 0 Å². The first kappa shape index (κ1) is 9.71. The number of rotatable bonds is 2. The van der Waals surface area contributed by atoms with Gasteiger partial charge in [-0.3, -0.25) is 12.9 Å². The van der Waals surface area contributed by atoms with Crippen molar-refractivity contribution in [2.24, 2.45) is 0 Å². The molecule has 0 fully saturated rings. The van der Waals surface area contributed by atoms with E-state index in [1.165, 1.54) is 14.1 Å². The Morgan fingerprint density at radius 1 is 1.08 bits per heavy atom. The standard InChI is InChI=1S/C10H7S.BrH.Mg/c1-2-5-9(6-3-1)10-7-4-8-11-10;;/h2-8H;1H;/q;;+1/p-1. The van der Waals surface area contributed by atoms with Crippen LogP contribution in [-0.4, -0.2) is 18.2 Å². The molecule has 2 aromatic rings. The molecule has 0 aliphatic rings. The summed E-state index contributed by atoms with van der Waals surface area (Å²) in [6, 6.07) is 13.1. The van der Waals surface area contributed by atoms with Crippen molar-refractivity contribution in [1.29, 1.82) is 0 Å². The molecule has 0 aliphatic heterocycles. The predicted molar refractivity (Wildman–Crippen MR) is 64.1 cm³/mol. The minimum atomic E-state index is -0.176. The number of thiophene rings is 1. The quantitative estimate of drug-likeness (QED) is 0.731. The van der Waals surface area contributed by atoms with E-state index < -0.39 is 0 Å². The van der Waals surface area contributed by atoms with E-state index in [9.17, 15) is 0 Å². The molecule has 0 N–H and O–H groups in total. The molecule has 0 saturated heterocycles. The zero-order chi connectivity index (χ0) is 9.10. The molecule has 0 unspecified atom stereocenters. The predicted octanol–water partition coefficient (Wildman–Crippen LogP) is 3.05. The van der Waals surface area contributed by atoms with E-state index in [-0.39, 0.29) is 18.2 Å². The van der Waals surface area contributed by atoms with Gasteiger partial charge in [0.1, 0.15) is 0 Å². The van der Waals surface area contributed by atoms with Crippen LogP contribution in [0, 0.1) is 0 Å². The van der Waals surface area contributed by atoms with Crippen LogP contribution < -0.4 is 3.69 Å². The van der Waals surface area contributed by atoms with Gasteiger partial charge in [-0.2, -0.15) is 3.69 Å². The monoisotopic (exact) mass is 262 g/mol. The Balaban J connectivity index is 2.33. The SMILES string of the molecule is [Br][Mg][c]1ccc(-c2cccs2)cc1. The molecule has 1 heterocycles. The van der Waals surface area contributed by atoms with Gasteiger partial charge in [0, 0.05) is 4.88 Å². The maximum absolute atomic E-state index is 3.57. The van der Waals surface area contributed by atoms with Gasteiger partial charge in [0.15, 0.2) is 0 Å². The molecule has 0 bridgehead atoms. The van der Waals surface area contributed by atoms with E-state index >= 15 is 0 Å². The molecule has 2 rings (SSSR count). The second-order valence-electron chi connectivity index (χ2n) is 2.81. The van der Waals surface area contributed by atoms with Crippen molar-refractivity contribution in [3.8, 4) is 10.4 Å². The summed E-state index contributed by atoms with van der Waals surface area (Å²) in [5.41, 5.74) is 1.33. The Kier molecular flexibility index (Phi) is 3.43. The first-order valence-electron chi connectivity index (χ1n) is 4.09. The van der Waals surface area contributed by atoms with Crippen LogP contribution >= 0.6 is 24.2 Å². The summed E-state index contributed by atoms with van der Waals surface area (Å²) in [5.74, 6) is 0. The summed E-state index contributed by atoms with van der Waals surface area (Å²) >= 11 is 5.19. The molecule has 1 aromatic heterocycles. The summed E-state index contributed by atoms with van der Waals surface area (Å²) in [6.45, 7) is 0. The summed E-state index contributed by atoms with van der Waals surface area (Å²) in [4.78, 5) is 1.35. The highest BCUT2D eigenvalue weighted by molar-refractivity contribution is 9.23. The lowest BCUT2D eigenvalue weighted by atomic mass is 10.2. The third kappa shape index (κ3) is 2.34. The van der Waals surface area contributed by atoms with Gasteiger partial charge in [-0.15, -0.1) is 11.3 Å². The fraction of sp³-hybridized carbons (Fsp3) is 0. The van der Waals surface area contributed by atoms with Crippen LogP contribution in [0.1, 0.15) is 0 Å². The van der Waals surface area contributed by atoms with E-state index in [1.807, 2.05) is 0 Å². The van der Waals surface area contributed by atoms with Crippen LogP contribution in [0.2, 0.25) is 0 Å². The Hall–Kier alpha value is 0.166. The average Bonchev–Trinajstić information content (AvgIpc) is 2.71. The number of hydrogen-bond donors (Lipinski definition) is 0. The highest BCUT2D eigenvalue weighted by Crippen LogP contribution is 2.23. The highest BCUT2D eigenvalue weighted by Gasteiger charge is 1.98. The molecule has 13 heavy (non-hydrogen) atoms. The molecule has 1 aromatic carbocycles. The third-order valence-corrected chi connectivity index (χ3v) is 5.56. The normalized spacial score (nSPS) is 9.62. The summed E-state index contributed by atoms with van der Waals surface area (Å²) < 4.78 is 1.46. The van der Waals surface area contributed by atoms with Crippen LogP contribution in [-0.2, 0) is 0 Å². The lowest BCUT2D eigenvalue weighted by Crippen LogP contribution is -2.05. The lowest BCUT2D eigenvalue weighted by molar-refractivity contribution is 1.74. The topological polar surface area (TPSA) is 0 Å². The van der Waals surface area contributed by atoms with Crippen LogP contribution in [0.3, 0.4) is 0 Å². The number of hydrogen-bond acceptors (Lipinski definition) is 1. The minimum absolute atomic E-state index is 0.176. The highest BCUT2D eigenvalue weighted by atomic mass is 79.9. The molecule has 0 spiro atoms. The van der Waals surface area contributed by atoms with E-state index in [2.05, 4.69) is 54.7 Å². The number of halogens is 1. The fourth-order valence-electron chi connectivity index (χ4n) is 1.20. The van der Waals surface area contributed by atoms with Gasteiger partial charge in [-0.1, -0.05) is 30.3 Å². The third-order valence-electron chi connectivity index (χ3n) is 1.91. The molecule has 0 aliphatic carbocycles. The van der Waals surface area contributed by atoms with Crippen LogP contribution in [0.4, 0.5) is 0 Å². The van der Waals surface area contributed by atoms with Crippen molar-refractivity contribution in [1.82, 2.24) is 0 Å². The fourth-order valence-corrected chi connectivity index (χ4v) is 3.47. The second kappa shape index (κ2) is 4.60. The van der Waals surface area contributed by atoms with Gasteiger partial charge in [-0.05, 0) is 17.0 Å². The van der Waals surface area contributed by atoms with Crippen molar-refractivity contribution in [3.63, 3.8) is 0 Å². The zero-order valence-corrected chi connectivity index (χ0v) is 10.9. The van der Waals surface area contributed by atoms with E-state index in [0.717, 1.165) is 0 Å². The first-order valence-corrected chi connectivity index (χ1v) is 9.57. The van der Waals surface area contributed by atoms with E-state index in [4.69, 9.17) is 0 Å². The van der Waals surface area contributed by atoms with Crippen LogP contribution in [0.15, 0.2) is 41.8 Å². The maximum atomic E-state index is 3.57. The van der Waals surface area contributed by atoms with Crippen molar-refractivity contribution in [2.45, 2.75) is 0 Å². The minimum Gasteiger partial charge on any atom is -0.296 e. The van der Waals surface area contributed by atoms with Gasteiger partial charge >= 0.3 is 18.2 Å². The molecule has 0 amide bonds. The smallest absolute Gasteiger partial charge is 0.296 e. The maximum Gasteiger partial charge on any atom is 0.506 e. The van der Waals surface area contributed by atoms with Gasteiger partial charge in [0.25, 0.3) is 0 Å². The van der Waals surface area contributed by atoms with Crippen molar-refractivity contribution in [3.05, 3.63) is 41.8 Å². The first-order chi connectivity index (χ1) is 6.40. The van der Waals surface area contributed by atoms with Gasteiger partial charge < -0.3 is 0 Å². The molecule has 0 nitrogen and oxygen atoms in total. The van der Waals surface area contributed by atoms with Crippen molar-refractivity contribution >= 4 is 46.1 Å². The molecular formula is C10H7BrMgS. The Morgan fingerprint density at radius 3 is 2.38 bits per heavy atom. The van der Waals surface area contributed by atoms with E-state index in [0.29, 0.717) is 0 Å². The van der Waals surface area contributed by atoms with Crippen molar-refractivity contribution in [2.75, 3.05) is 0 Å². The van der Waals surface area contributed by atoms with E-state index in [1.54, 1.807) is 11.3 Å². The Labute approximate surface area is 97.6 Å². The van der Waals surface area contributed by atoms with Gasteiger partial charge in [0.2, 0.25) is 0 Å². The van der Waals surface area contributed by atoms with Gasteiger partial charge in [0.05, 0.1) is 0 Å². The largest absolute Gasteiger partial charge is 0.506 e. The molecular weight excluding hydrogens is 256 g/mol.